The number of rotatable bonds is 4. The zero-order valence-corrected chi connectivity index (χ0v) is 10.0. The molecule has 0 aromatic heterocycles. The monoisotopic (exact) mass is 240 g/mol. The first-order chi connectivity index (χ1) is 7.54. The molecule has 0 radical (unpaired) electrons. The Hall–Kier alpha value is -0.965. The summed E-state index contributed by atoms with van der Waals surface area (Å²) in [7, 11) is -1.45. The second-order valence-electron chi connectivity index (χ2n) is 3.64. The van der Waals surface area contributed by atoms with Gasteiger partial charge in [-0.1, -0.05) is 17.7 Å². The molecule has 0 unspecified atom stereocenters. The maximum Gasteiger partial charge on any atom is 0.488 e. The summed E-state index contributed by atoms with van der Waals surface area (Å²) in [6.45, 7) is 4.08. The van der Waals surface area contributed by atoms with Gasteiger partial charge in [-0.25, -0.2) is 0 Å². The number of ether oxygens (including phenoxy) is 1. The third kappa shape index (κ3) is 3.56. The zero-order valence-electron chi connectivity index (χ0n) is 9.27. The molecule has 1 aromatic carbocycles. The molecule has 0 heterocycles. The minimum atomic E-state index is -1.45. The van der Waals surface area contributed by atoms with E-state index in [1.807, 2.05) is 6.92 Å². The summed E-state index contributed by atoms with van der Waals surface area (Å²) in [5.41, 5.74) is 3.65. The van der Waals surface area contributed by atoms with E-state index in [4.69, 9.17) is 26.4 Å². The summed E-state index contributed by atoms with van der Waals surface area (Å²) in [6, 6.07) is 5.09. The molecule has 0 aliphatic rings. The van der Waals surface area contributed by atoms with Crippen molar-refractivity contribution in [1.29, 1.82) is 0 Å². The van der Waals surface area contributed by atoms with Crippen LogP contribution in [-0.2, 0) is 0 Å². The summed E-state index contributed by atoms with van der Waals surface area (Å²) in [5.74, 6) is 0.680. The summed E-state index contributed by atoms with van der Waals surface area (Å²) in [6.07, 6.45) is 0. The first kappa shape index (κ1) is 13.1. The van der Waals surface area contributed by atoms with E-state index in [9.17, 15) is 0 Å². The zero-order chi connectivity index (χ0) is 12.1. The van der Waals surface area contributed by atoms with Crippen molar-refractivity contribution in [1.82, 2.24) is 0 Å². The van der Waals surface area contributed by atoms with E-state index in [0.29, 0.717) is 17.8 Å². The Morgan fingerprint density at radius 2 is 2.19 bits per heavy atom. The van der Waals surface area contributed by atoms with Crippen LogP contribution in [0.5, 0.6) is 5.75 Å². The van der Waals surface area contributed by atoms with Crippen LogP contribution in [0.3, 0.4) is 0 Å². The highest BCUT2D eigenvalue weighted by atomic mass is 35.5. The maximum absolute atomic E-state index is 9.04. The van der Waals surface area contributed by atoms with Crippen molar-refractivity contribution in [2.45, 2.75) is 13.8 Å². The van der Waals surface area contributed by atoms with Gasteiger partial charge in [0.25, 0.3) is 0 Å². The SMILES string of the molecule is C/C(=C/Cl)COc1ccc(B(O)O)c(C)c1. The molecule has 0 amide bonds. The summed E-state index contributed by atoms with van der Waals surface area (Å²) < 4.78 is 5.46. The smallest absolute Gasteiger partial charge is 0.488 e. The Morgan fingerprint density at radius 1 is 1.50 bits per heavy atom. The van der Waals surface area contributed by atoms with Crippen LogP contribution in [0.4, 0.5) is 0 Å². The van der Waals surface area contributed by atoms with Crippen molar-refractivity contribution in [3.8, 4) is 5.75 Å². The van der Waals surface area contributed by atoms with Crippen LogP contribution in [0.25, 0.3) is 0 Å². The molecule has 0 aliphatic heterocycles. The number of hydrogen-bond donors (Lipinski definition) is 2. The lowest BCUT2D eigenvalue weighted by molar-refractivity contribution is 0.352. The molecule has 86 valence electrons. The first-order valence-electron chi connectivity index (χ1n) is 4.90. The van der Waals surface area contributed by atoms with Gasteiger partial charge in [-0.2, -0.15) is 0 Å². The predicted molar refractivity (Wildman–Crippen MR) is 66.1 cm³/mol. The van der Waals surface area contributed by atoms with E-state index in [1.165, 1.54) is 5.54 Å². The quantitative estimate of drug-likeness (QED) is 0.778. The molecule has 0 bridgehead atoms. The van der Waals surface area contributed by atoms with Crippen molar-refractivity contribution in [2.75, 3.05) is 6.61 Å². The fraction of sp³-hybridized carbons (Fsp3) is 0.273. The minimum Gasteiger partial charge on any atom is -0.489 e. The normalized spacial score (nSPS) is 11.4. The van der Waals surface area contributed by atoms with Gasteiger partial charge in [0, 0.05) is 5.54 Å². The average molecular weight is 240 g/mol. The largest absolute Gasteiger partial charge is 0.489 e. The average Bonchev–Trinajstić information content (AvgIpc) is 2.25. The first-order valence-corrected chi connectivity index (χ1v) is 5.33. The van der Waals surface area contributed by atoms with Gasteiger partial charge in [-0.05, 0) is 42.6 Å². The van der Waals surface area contributed by atoms with Crippen LogP contribution in [0.1, 0.15) is 12.5 Å². The highest BCUT2D eigenvalue weighted by Crippen LogP contribution is 2.12. The van der Waals surface area contributed by atoms with Crippen molar-refractivity contribution >= 4 is 24.2 Å². The van der Waals surface area contributed by atoms with Gasteiger partial charge < -0.3 is 14.8 Å². The topological polar surface area (TPSA) is 49.7 Å². The fourth-order valence-electron chi connectivity index (χ4n) is 1.26. The van der Waals surface area contributed by atoms with Gasteiger partial charge in [-0.15, -0.1) is 0 Å². The number of aryl methyl sites for hydroxylation is 1. The third-order valence-electron chi connectivity index (χ3n) is 2.17. The fourth-order valence-corrected chi connectivity index (χ4v) is 1.32. The van der Waals surface area contributed by atoms with E-state index < -0.39 is 7.12 Å². The Bertz CT molecular complexity index is 391. The lowest BCUT2D eigenvalue weighted by Gasteiger charge is -2.09. The number of benzene rings is 1. The Morgan fingerprint density at radius 3 is 2.69 bits per heavy atom. The van der Waals surface area contributed by atoms with Crippen LogP contribution < -0.4 is 10.2 Å². The van der Waals surface area contributed by atoms with Gasteiger partial charge >= 0.3 is 7.12 Å². The third-order valence-corrected chi connectivity index (χ3v) is 2.54. The number of halogens is 1. The van der Waals surface area contributed by atoms with Crippen LogP contribution in [0.15, 0.2) is 29.3 Å². The van der Waals surface area contributed by atoms with E-state index in [0.717, 1.165) is 11.1 Å². The summed E-state index contributed by atoms with van der Waals surface area (Å²) in [5, 5.41) is 18.1. The standard InChI is InChI=1S/C11H14BClO3/c1-8(6-13)7-16-10-3-4-11(12(14)15)9(2)5-10/h3-6,14-15H,7H2,1-2H3/b8-6-. The second-order valence-corrected chi connectivity index (χ2v) is 3.85. The van der Waals surface area contributed by atoms with Gasteiger partial charge in [0.1, 0.15) is 12.4 Å². The minimum absolute atomic E-state index is 0.421. The van der Waals surface area contributed by atoms with Gasteiger partial charge in [0.05, 0.1) is 0 Å². The van der Waals surface area contributed by atoms with Crippen molar-refractivity contribution < 1.29 is 14.8 Å². The molecule has 1 rings (SSSR count). The molecular weight excluding hydrogens is 226 g/mol. The van der Waals surface area contributed by atoms with Crippen LogP contribution in [0.2, 0.25) is 0 Å². The Kier molecular flexibility index (Phi) is 4.86. The van der Waals surface area contributed by atoms with Crippen molar-refractivity contribution in [2.24, 2.45) is 0 Å². The van der Waals surface area contributed by atoms with Gasteiger partial charge in [0.2, 0.25) is 0 Å². The molecule has 5 heteroatoms. The molecule has 0 aliphatic carbocycles. The number of hydrogen-bond acceptors (Lipinski definition) is 3. The van der Waals surface area contributed by atoms with E-state index in [1.54, 1.807) is 25.1 Å². The highest BCUT2D eigenvalue weighted by molar-refractivity contribution is 6.59. The highest BCUT2D eigenvalue weighted by Gasteiger charge is 2.13. The van der Waals surface area contributed by atoms with Gasteiger partial charge in [0.15, 0.2) is 0 Å². The van der Waals surface area contributed by atoms with Crippen LogP contribution >= 0.6 is 11.6 Å². The molecule has 1 aromatic rings. The van der Waals surface area contributed by atoms with E-state index in [-0.39, 0.29) is 0 Å². The van der Waals surface area contributed by atoms with Gasteiger partial charge in [-0.3, -0.25) is 0 Å². The van der Waals surface area contributed by atoms with Crippen molar-refractivity contribution in [3.05, 3.63) is 34.9 Å². The molecule has 0 saturated carbocycles. The second kappa shape index (κ2) is 5.94. The lowest BCUT2D eigenvalue weighted by atomic mass is 9.77. The molecule has 16 heavy (non-hydrogen) atoms. The molecule has 0 saturated heterocycles. The van der Waals surface area contributed by atoms with Crippen LogP contribution in [0, 0.1) is 6.92 Å². The molecule has 3 nitrogen and oxygen atoms in total. The van der Waals surface area contributed by atoms with Crippen molar-refractivity contribution in [3.63, 3.8) is 0 Å². The molecule has 0 atom stereocenters. The Labute approximate surface area is 100 Å². The summed E-state index contributed by atoms with van der Waals surface area (Å²) in [4.78, 5) is 0. The molecular formula is C11H14BClO3. The molecule has 2 N–H and O–H groups in total. The molecule has 0 fully saturated rings. The predicted octanol–water partition coefficient (Wildman–Crippen LogP) is 1.20. The van der Waals surface area contributed by atoms with E-state index in [2.05, 4.69) is 0 Å². The van der Waals surface area contributed by atoms with Crippen LogP contribution in [-0.4, -0.2) is 23.8 Å². The maximum atomic E-state index is 9.04. The molecule has 0 spiro atoms. The lowest BCUT2D eigenvalue weighted by Crippen LogP contribution is -2.31. The van der Waals surface area contributed by atoms with E-state index >= 15 is 0 Å². The summed E-state index contributed by atoms with van der Waals surface area (Å²) >= 11 is 5.51. The Balaban J connectivity index is 2.74.